The Kier molecular flexibility index (Phi) is 7.93. The third-order valence-electron chi connectivity index (χ3n) is 4.41. The molecule has 2 rings (SSSR count). The summed E-state index contributed by atoms with van der Waals surface area (Å²) in [5.74, 6) is 1.10. The Labute approximate surface area is 177 Å². The summed E-state index contributed by atoms with van der Waals surface area (Å²) in [6, 6.07) is 11.8. The number of anilines is 1. The molecule has 0 heterocycles. The molecule has 1 amide bonds. The Hall–Kier alpha value is -2.94. The number of amides is 1. The van der Waals surface area contributed by atoms with E-state index in [9.17, 15) is 13.2 Å². The molecule has 2 aromatic carbocycles. The van der Waals surface area contributed by atoms with E-state index in [1.807, 2.05) is 38.1 Å². The van der Waals surface area contributed by atoms with Crippen molar-refractivity contribution in [2.24, 2.45) is 0 Å². The Morgan fingerprint density at radius 1 is 1.07 bits per heavy atom. The van der Waals surface area contributed by atoms with Crippen LogP contribution in [-0.2, 0) is 14.8 Å². The molecule has 1 atom stereocenters. The fraction of sp³-hybridized carbons (Fsp3) is 0.381. The lowest BCUT2D eigenvalue weighted by molar-refractivity contribution is -0.120. The van der Waals surface area contributed by atoms with Crippen molar-refractivity contribution in [3.63, 3.8) is 0 Å². The first-order chi connectivity index (χ1) is 14.2. The van der Waals surface area contributed by atoms with Crippen molar-refractivity contribution in [3.05, 3.63) is 48.0 Å². The Morgan fingerprint density at radius 3 is 2.23 bits per heavy atom. The summed E-state index contributed by atoms with van der Waals surface area (Å²) >= 11 is 0. The predicted molar refractivity (Wildman–Crippen MR) is 116 cm³/mol. The van der Waals surface area contributed by atoms with Gasteiger partial charge in [-0.25, -0.2) is 8.42 Å². The fourth-order valence-electron chi connectivity index (χ4n) is 2.89. The molecule has 1 N–H and O–H groups in total. The number of sulfonamides is 1. The predicted octanol–water partition coefficient (Wildman–Crippen LogP) is 2.75. The number of methoxy groups -OCH3 is 2. The number of hydrogen-bond acceptors (Lipinski definition) is 6. The molecule has 0 aliphatic carbocycles. The zero-order valence-corrected chi connectivity index (χ0v) is 18.7. The molecule has 0 bridgehead atoms. The van der Waals surface area contributed by atoms with Crippen LogP contribution in [0.25, 0.3) is 0 Å². The first kappa shape index (κ1) is 23.3. The van der Waals surface area contributed by atoms with E-state index in [-0.39, 0.29) is 24.0 Å². The van der Waals surface area contributed by atoms with Crippen molar-refractivity contribution >= 4 is 21.6 Å². The van der Waals surface area contributed by atoms with Gasteiger partial charge in [0, 0.05) is 6.07 Å². The molecule has 164 valence electrons. The average molecular weight is 437 g/mol. The van der Waals surface area contributed by atoms with Crippen LogP contribution < -0.4 is 23.8 Å². The first-order valence-electron chi connectivity index (χ1n) is 9.41. The zero-order valence-electron chi connectivity index (χ0n) is 17.8. The fourth-order valence-corrected chi connectivity index (χ4v) is 3.75. The molecular weight excluding hydrogens is 408 g/mol. The molecule has 2 aromatic rings. The molecule has 0 aliphatic heterocycles. The summed E-state index contributed by atoms with van der Waals surface area (Å²) in [5.41, 5.74) is 1.13. The highest BCUT2D eigenvalue weighted by atomic mass is 32.2. The molecule has 8 nitrogen and oxygen atoms in total. The van der Waals surface area contributed by atoms with Gasteiger partial charge in [-0.2, -0.15) is 0 Å². The number of hydrogen-bond donors (Lipinski definition) is 1. The number of nitrogens with one attached hydrogen (secondary N) is 1. The van der Waals surface area contributed by atoms with Crippen molar-refractivity contribution in [2.75, 3.05) is 37.9 Å². The minimum absolute atomic E-state index is 0.254. The second kappa shape index (κ2) is 10.2. The van der Waals surface area contributed by atoms with Gasteiger partial charge in [0.2, 0.25) is 15.9 Å². The van der Waals surface area contributed by atoms with E-state index < -0.39 is 15.9 Å². The zero-order chi connectivity index (χ0) is 22.3. The summed E-state index contributed by atoms with van der Waals surface area (Å²) in [7, 11) is -0.820. The van der Waals surface area contributed by atoms with Gasteiger partial charge < -0.3 is 19.5 Å². The van der Waals surface area contributed by atoms with E-state index in [0.717, 1.165) is 21.9 Å². The Morgan fingerprint density at radius 2 is 1.70 bits per heavy atom. The van der Waals surface area contributed by atoms with E-state index in [0.29, 0.717) is 12.4 Å². The second-order valence-corrected chi connectivity index (χ2v) is 8.51. The highest BCUT2D eigenvalue weighted by molar-refractivity contribution is 7.92. The molecule has 0 radical (unpaired) electrons. The van der Waals surface area contributed by atoms with Crippen LogP contribution in [0.15, 0.2) is 42.5 Å². The van der Waals surface area contributed by atoms with Crippen LogP contribution in [0.4, 0.5) is 5.69 Å². The lowest BCUT2D eigenvalue weighted by Gasteiger charge is -2.25. The minimum Gasteiger partial charge on any atom is -0.497 e. The molecule has 9 heteroatoms. The highest BCUT2D eigenvalue weighted by Crippen LogP contribution is 2.33. The standard InChI is InChI=1S/C21H28N2O6S/c1-6-29-17-9-7-16(8-10-17)15(2)22-21(24)14-23(30(5,25)26)19-12-11-18(27-3)13-20(19)28-4/h7-13,15H,6,14H2,1-5H3,(H,22,24)/t15-/m1/s1. The molecule has 0 saturated heterocycles. The summed E-state index contributed by atoms with van der Waals surface area (Å²) < 4.78 is 41.6. The van der Waals surface area contributed by atoms with Crippen molar-refractivity contribution in [3.8, 4) is 17.2 Å². The van der Waals surface area contributed by atoms with Gasteiger partial charge >= 0.3 is 0 Å². The summed E-state index contributed by atoms with van der Waals surface area (Å²) in [6.07, 6.45) is 1.04. The van der Waals surface area contributed by atoms with Crippen LogP contribution in [0.1, 0.15) is 25.5 Å². The van der Waals surface area contributed by atoms with Gasteiger partial charge in [-0.15, -0.1) is 0 Å². The SMILES string of the molecule is CCOc1ccc([C@@H](C)NC(=O)CN(c2ccc(OC)cc2OC)S(C)(=O)=O)cc1. The van der Waals surface area contributed by atoms with Crippen LogP contribution in [0.3, 0.4) is 0 Å². The number of benzene rings is 2. The van der Waals surface area contributed by atoms with Crippen LogP contribution >= 0.6 is 0 Å². The maximum Gasteiger partial charge on any atom is 0.241 e. The lowest BCUT2D eigenvalue weighted by atomic mass is 10.1. The van der Waals surface area contributed by atoms with Gasteiger partial charge in [0.1, 0.15) is 23.8 Å². The number of carbonyl (C=O) groups is 1. The van der Waals surface area contributed by atoms with E-state index in [1.165, 1.54) is 14.2 Å². The third-order valence-corrected chi connectivity index (χ3v) is 5.54. The lowest BCUT2D eigenvalue weighted by Crippen LogP contribution is -2.41. The summed E-state index contributed by atoms with van der Waals surface area (Å²) in [6.45, 7) is 3.92. The van der Waals surface area contributed by atoms with Gasteiger partial charge in [0.25, 0.3) is 0 Å². The maximum absolute atomic E-state index is 12.6. The summed E-state index contributed by atoms with van der Waals surface area (Å²) in [5, 5.41) is 2.83. The number of ether oxygens (including phenoxy) is 3. The van der Waals surface area contributed by atoms with Crippen LogP contribution in [0.2, 0.25) is 0 Å². The average Bonchev–Trinajstić information content (AvgIpc) is 2.71. The van der Waals surface area contributed by atoms with Crippen LogP contribution in [0.5, 0.6) is 17.2 Å². The number of carbonyl (C=O) groups excluding carboxylic acids is 1. The van der Waals surface area contributed by atoms with E-state index in [1.54, 1.807) is 18.2 Å². The minimum atomic E-state index is -3.74. The van der Waals surface area contributed by atoms with Gasteiger partial charge in [-0.3, -0.25) is 9.10 Å². The quantitative estimate of drug-likeness (QED) is 0.616. The van der Waals surface area contributed by atoms with Gasteiger partial charge in [0.15, 0.2) is 0 Å². The largest absolute Gasteiger partial charge is 0.497 e. The molecule has 0 fully saturated rings. The first-order valence-corrected chi connectivity index (χ1v) is 11.3. The van der Waals surface area contributed by atoms with Crippen molar-refractivity contribution in [1.82, 2.24) is 5.32 Å². The van der Waals surface area contributed by atoms with Crippen molar-refractivity contribution < 1.29 is 27.4 Å². The van der Waals surface area contributed by atoms with Crippen LogP contribution in [-0.4, -0.2) is 48.0 Å². The maximum atomic E-state index is 12.6. The van der Waals surface area contributed by atoms with E-state index in [2.05, 4.69) is 5.32 Å². The van der Waals surface area contributed by atoms with Crippen LogP contribution in [0, 0.1) is 0 Å². The molecule has 0 spiro atoms. The van der Waals surface area contributed by atoms with Gasteiger partial charge in [0.05, 0.1) is 38.8 Å². The molecular formula is C21H28N2O6S. The second-order valence-electron chi connectivity index (χ2n) is 6.60. The van der Waals surface area contributed by atoms with E-state index >= 15 is 0 Å². The number of nitrogens with zero attached hydrogens (tertiary/aromatic N) is 1. The molecule has 0 aromatic heterocycles. The highest BCUT2D eigenvalue weighted by Gasteiger charge is 2.25. The topological polar surface area (TPSA) is 94.2 Å². The number of rotatable bonds is 10. The summed E-state index contributed by atoms with van der Waals surface area (Å²) in [4.78, 5) is 12.6. The normalized spacial score (nSPS) is 12.0. The third kappa shape index (κ3) is 6.03. The molecule has 0 saturated carbocycles. The van der Waals surface area contributed by atoms with Gasteiger partial charge in [-0.1, -0.05) is 12.1 Å². The van der Waals surface area contributed by atoms with E-state index in [4.69, 9.17) is 14.2 Å². The molecule has 30 heavy (non-hydrogen) atoms. The molecule has 0 aliphatic rings. The smallest absolute Gasteiger partial charge is 0.241 e. The molecule has 0 unspecified atom stereocenters. The monoisotopic (exact) mass is 436 g/mol. The van der Waals surface area contributed by atoms with Gasteiger partial charge in [-0.05, 0) is 43.7 Å². The van der Waals surface area contributed by atoms with Crippen molar-refractivity contribution in [2.45, 2.75) is 19.9 Å². The van der Waals surface area contributed by atoms with Crippen molar-refractivity contribution in [1.29, 1.82) is 0 Å². The Balaban J connectivity index is 2.18. The Bertz CT molecular complexity index is 960.